The quantitative estimate of drug-likeness (QED) is 0.814. The summed E-state index contributed by atoms with van der Waals surface area (Å²) in [5.41, 5.74) is 6.01. The molecule has 1 aliphatic carbocycles. The van der Waals surface area contributed by atoms with Crippen molar-refractivity contribution in [2.24, 2.45) is 5.41 Å². The topological polar surface area (TPSA) is 63.8 Å². The zero-order chi connectivity index (χ0) is 11.6. The second-order valence-corrected chi connectivity index (χ2v) is 5.21. The van der Waals surface area contributed by atoms with Gasteiger partial charge in [-0.3, -0.25) is 0 Å². The molecular weight excluding hydrogens is 200 g/mol. The van der Waals surface area contributed by atoms with E-state index in [0.29, 0.717) is 23.8 Å². The summed E-state index contributed by atoms with van der Waals surface area (Å²) in [6, 6.07) is 2.28. The van der Waals surface area contributed by atoms with Gasteiger partial charge in [0.2, 0.25) is 0 Å². The van der Waals surface area contributed by atoms with Gasteiger partial charge in [0.05, 0.1) is 6.54 Å². The highest BCUT2D eigenvalue weighted by Crippen LogP contribution is 2.37. The summed E-state index contributed by atoms with van der Waals surface area (Å²) in [6.07, 6.45) is 5.55. The number of nitrogens with one attached hydrogen (secondary N) is 1. The molecule has 3 N–H and O–H groups in total. The predicted octanol–water partition coefficient (Wildman–Crippen LogP) is 1.73. The predicted molar refractivity (Wildman–Crippen MR) is 64.7 cm³/mol. The highest BCUT2D eigenvalue weighted by molar-refractivity contribution is 5.24. The average molecular weight is 220 g/mol. The minimum Gasteiger partial charge on any atom is -0.384 e. The molecule has 1 saturated carbocycles. The Labute approximate surface area is 96.7 Å². The van der Waals surface area contributed by atoms with E-state index in [2.05, 4.69) is 29.1 Å². The first kappa shape index (κ1) is 11.3. The van der Waals surface area contributed by atoms with Gasteiger partial charge in [-0.1, -0.05) is 20.3 Å². The van der Waals surface area contributed by atoms with E-state index in [-0.39, 0.29) is 0 Å². The van der Waals surface area contributed by atoms with Crippen LogP contribution in [0.1, 0.15) is 38.9 Å². The smallest absolute Gasteiger partial charge is 0.144 e. The lowest BCUT2D eigenvalue weighted by atomic mass is 9.87. The molecule has 0 amide bonds. The molecule has 2 rings (SSSR count). The molecule has 1 unspecified atom stereocenters. The molecule has 1 aliphatic rings. The monoisotopic (exact) mass is 220 g/mol. The van der Waals surface area contributed by atoms with E-state index in [9.17, 15) is 0 Å². The van der Waals surface area contributed by atoms with Crippen LogP contribution in [-0.4, -0.2) is 16.0 Å². The van der Waals surface area contributed by atoms with Crippen LogP contribution in [0.2, 0.25) is 0 Å². The maximum Gasteiger partial charge on any atom is 0.144 e. The number of hydrogen-bond donors (Lipinski definition) is 2. The van der Waals surface area contributed by atoms with Gasteiger partial charge in [-0.2, -0.15) is 0 Å². The molecule has 1 atom stereocenters. The number of nitrogen functional groups attached to an aromatic ring is 1. The summed E-state index contributed by atoms with van der Waals surface area (Å²) in [5.74, 6) is 1.32. The van der Waals surface area contributed by atoms with Gasteiger partial charge in [-0.25, -0.2) is 9.97 Å². The van der Waals surface area contributed by atoms with E-state index < -0.39 is 0 Å². The second-order valence-electron chi connectivity index (χ2n) is 5.21. The number of nitrogens with two attached hydrogens (primary N) is 1. The van der Waals surface area contributed by atoms with Crippen LogP contribution in [0.3, 0.4) is 0 Å². The van der Waals surface area contributed by atoms with Gasteiger partial charge in [-0.05, 0) is 24.3 Å². The first-order valence-corrected chi connectivity index (χ1v) is 5.89. The first-order chi connectivity index (χ1) is 7.58. The van der Waals surface area contributed by atoms with Crippen LogP contribution < -0.4 is 11.1 Å². The van der Waals surface area contributed by atoms with Crippen LogP contribution in [-0.2, 0) is 6.54 Å². The van der Waals surface area contributed by atoms with Crippen molar-refractivity contribution < 1.29 is 0 Å². The van der Waals surface area contributed by atoms with Crippen molar-refractivity contribution in [1.29, 1.82) is 0 Å². The maximum absolute atomic E-state index is 5.62. The fourth-order valence-corrected chi connectivity index (χ4v) is 2.42. The van der Waals surface area contributed by atoms with Gasteiger partial charge in [0.25, 0.3) is 0 Å². The lowest BCUT2D eigenvalue weighted by molar-refractivity contribution is 0.281. The Morgan fingerprint density at radius 1 is 1.56 bits per heavy atom. The summed E-state index contributed by atoms with van der Waals surface area (Å²) >= 11 is 0. The van der Waals surface area contributed by atoms with Crippen LogP contribution >= 0.6 is 0 Å². The maximum atomic E-state index is 5.62. The van der Waals surface area contributed by atoms with Crippen molar-refractivity contribution in [3.63, 3.8) is 0 Å². The molecule has 1 heterocycles. The molecule has 0 spiro atoms. The van der Waals surface area contributed by atoms with Gasteiger partial charge in [0.15, 0.2) is 0 Å². The molecule has 4 heteroatoms. The van der Waals surface area contributed by atoms with Crippen LogP contribution in [0.4, 0.5) is 5.82 Å². The summed E-state index contributed by atoms with van der Waals surface area (Å²) in [5, 5.41) is 3.53. The third kappa shape index (κ3) is 2.50. The second kappa shape index (κ2) is 4.37. The van der Waals surface area contributed by atoms with E-state index in [1.807, 2.05) is 0 Å². The molecule has 0 saturated heterocycles. The molecular formula is C12H20N4. The Morgan fingerprint density at radius 2 is 2.38 bits per heavy atom. The van der Waals surface area contributed by atoms with Gasteiger partial charge >= 0.3 is 0 Å². The molecule has 0 radical (unpaired) electrons. The van der Waals surface area contributed by atoms with Crippen molar-refractivity contribution in [1.82, 2.24) is 15.3 Å². The average Bonchev–Trinajstić information content (AvgIpc) is 2.55. The van der Waals surface area contributed by atoms with Crippen molar-refractivity contribution in [3.8, 4) is 0 Å². The third-order valence-corrected chi connectivity index (χ3v) is 3.49. The minimum atomic E-state index is 0.389. The van der Waals surface area contributed by atoms with Gasteiger partial charge in [-0.15, -0.1) is 0 Å². The molecule has 0 aliphatic heterocycles. The van der Waals surface area contributed by atoms with Crippen molar-refractivity contribution in [2.45, 2.75) is 45.7 Å². The molecule has 1 aromatic heterocycles. The van der Waals surface area contributed by atoms with Crippen LogP contribution in [0.5, 0.6) is 0 Å². The largest absolute Gasteiger partial charge is 0.384 e. The van der Waals surface area contributed by atoms with E-state index in [0.717, 1.165) is 5.82 Å². The fourth-order valence-electron chi connectivity index (χ4n) is 2.42. The number of hydrogen-bond acceptors (Lipinski definition) is 4. The highest BCUT2D eigenvalue weighted by atomic mass is 15.0. The summed E-state index contributed by atoms with van der Waals surface area (Å²) in [6.45, 7) is 5.34. The minimum absolute atomic E-state index is 0.389. The Kier molecular flexibility index (Phi) is 3.10. The van der Waals surface area contributed by atoms with Gasteiger partial charge < -0.3 is 11.1 Å². The molecule has 0 bridgehead atoms. The van der Waals surface area contributed by atoms with Crippen LogP contribution in [0, 0.1) is 5.41 Å². The Bertz CT molecular complexity index is 362. The summed E-state index contributed by atoms with van der Waals surface area (Å²) in [7, 11) is 0. The molecule has 4 nitrogen and oxygen atoms in total. The lowest BCUT2D eigenvalue weighted by Crippen LogP contribution is -2.37. The van der Waals surface area contributed by atoms with Crippen LogP contribution in [0.25, 0.3) is 0 Å². The molecule has 0 aromatic carbocycles. The Balaban J connectivity index is 1.92. The van der Waals surface area contributed by atoms with Crippen molar-refractivity contribution in [2.75, 3.05) is 5.73 Å². The van der Waals surface area contributed by atoms with Gasteiger partial charge in [0.1, 0.15) is 11.6 Å². The van der Waals surface area contributed by atoms with E-state index in [1.165, 1.54) is 19.3 Å². The molecule has 1 fully saturated rings. The van der Waals surface area contributed by atoms with E-state index in [1.54, 1.807) is 12.3 Å². The van der Waals surface area contributed by atoms with Crippen LogP contribution in [0.15, 0.2) is 12.3 Å². The third-order valence-electron chi connectivity index (χ3n) is 3.49. The number of anilines is 1. The van der Waals surface area contributed by atoms with Crippen molar-refractivity contribution in [3.05, 3.63) is 18.1 Å². The number of nitrogens with zero attached hydrogens (tertiary/aromatic N) is 2. The molecule has 16 heavy (non-hydrogen) atoms. The normalized spacial score (nSPS) is 23.5. The van der Waals surface area contributed by atoms with Crippen molar-refractivity contribution >= 4 is 5.82 Å². The van der Waals surface area contributed by atoms with E-state index >= 15 is 0 Å². The molecule has 88 valence electrons. The lowest BCUT2D eigenvalue weighted by Gasteiger charge is -2.27. The number of aromatic nitrogens is 2. The summed E-state index contributed by atoms with van der Waals surface area (Å²) in [4.78, 5) is 8.38. The number of rotatable bonds is 3. The summed E-state index contributed by atoms with van der Waals surface area (Å²) < 4.78 is 0. The zero-order valence-corrected chi connectivity index (χ0v) is 10.0. The van der Waals surface area contributed by atoms with E-state index in [4.69, 9.17) is 5.73 Å². The first-order valence-electron chi connectivity index (χ1n) is 5.89. The Hall–Kier alpha value is -1.16. The fraction of sp³-hybridized carbons (Fsp3) is 0.667. The highest BCUT2D eigenvalue weighted by Gasteiger charge is 2.33. The van der Waals surface area contributed by atoms with Gasteiger partial charge in [0, 0.05) is 12.2 Å². The zero-order valence-electron chi connectivity index (χ0n) is 10.0. The molecule has 1 aromatic rings. The Morgan fingerprint density at radius 3 is 3.00 bits per heavy atom. The SMILES string of the molecule is CC1(C)CCCC1NCc1nccc(N)n1. The standard InChI is InChI=1S/C12H20N4/c1-12(2)6-3-4-9(12)15-8-11-14-7-5-10(13)16-11/h5,7,9,15H,3-4,6,8H2,1-2H3,(H2,13,14,16).